The van der Waals surface area contributed by atoms with Crippen LogP contribution in [0.3, 0.4) is 0 Å². The molecule has 0 bridgehead atoms. The van der Waals surface area contributed by atoms with E-state index in [2.05, 4.69) is 44.5 Å². The molecular weight excluding hydrogens is 270 g/mol. The maximum absolute atomic E-state index is 5.47. The lowest BCUT2D eigenvalue weighted by molar-refractivity contribution is 0.103. The molecule has 2 aromatic rings. The van der Waals surface area contributed by atoms with Gasteiger partial charge in [0.1, 0.15) is 0 Å². The summed E-state index contributed by atoms with van der Waals surface area (Å²) in [6.07, 6.45) is 1.90. The fourth-order valence-electron chi connectivity index (χ4n) is 2.83. The predicted octanol–water partition coefficient (Wildman–Crippen LogP) is 1.65. The fraction of sp³-hybridized carbons (Fsp3) is 0.571. The number of nitrogens with zero attached hydrogens (tertiary/aromatic N) is 4. The van der Waals surface area contributed by atoms with Crippen LogP contribution in [0.25, 0.3) is 11.2 Å². The van der Waals surface area contributed by atoms with Gasteiger partial charge in [0, 0.05) is 38.4 Å². The van der Waals surface area contributed by atoms with Crippen LogP contribution in [0, 0.1) is 11.7 Å². The molecular formula is C14H21N5S. The summed E-state index contributed by atoms with van der Waals surface area (Å²) in [5.74, 6) is 0. The molecule has 1 fully saturated rings. The zero-order chi connectivity index (χ0) is 14.3. The molecule has 0 aromatic carbocycles. The SMILES string of the molecule is Cc1cnc2c(c1)[nH]c(=S)n2CC1CN(C)CCN1C. The van der Waals surface area contributed by atoms with Crippen molar-refractivity contribution in [3.05, 3.63) is 22.6 Å². The average molecular weight is 291 g/mol. The number of aromatic nitrogens is 3. The Morgan fingerprint density at radius 2 is 2.20 bits per heavy atom. The van der Waals surface area contributed by atoms with Crippen molar-refractivity contribution in [2.75, 3.05) is 33.7 Å². The first-order valence-electron chi connectivity index (χ1n) is 6.98. The van der Waals surface area contributed by atoms with E-state index in [1.165, 1.54) is 0 Å². The third-order valence-corrected chi connectivity index (χ3v) is 4.44. The van der Waals surface area contributed by atoms with E-state index >= 15 is 0 Å². The first kappa shape index (κ1) is 13.7. The Hall–Kier alpha value is -1.24. The molecule has 108 valence electrons. The number of hydrogen-bond donors (Lipinski definition) is 1. The second-order valence-electron chi connectivity index (χ2n) is 5.82. The van der Waals surface area contributed by atoms with Crippen LogP contribution in [0.1, 0.15) is 5.56 Å². The van der Waals surface area contributed by atoms with Gasteiger partial charge in [-0.25, -0.2) is 4.98 Å². The quantitative estimate of drug-likeness (QED) is 0.854. The summed E-state index contributed by atoms with van der Waals surface area (Å²) in [6.45, 7) is 6.23. The van der Waals surface area contributed by atoms with E-state index in [1.807, 2.05) is 13.1 Å². The van der Waals surface area contributed by atoms with Crippen molar-refractivity contribution >= 4 is 23.4 Å². The van der Waals surface area contributed by atoms with Gasteiger partial charge in [-0.1, -0.05) is 0 Å². The summed E-state index contributed by atoms with van der Waals surface area (Å²) in [5, 5.41) is 0. The van der Waals surface area contributed by atoms with Crippen molar-refractivity contribution in [3.63, 3.8) is 0 Å². The van der Waals surface area contributed by atoms with Gasteiger partial charge < -0.3 is 9.88 Å². The van der Waals surface area contributed by atoms with Gasteiger partial charge in [-0.05, 0) is 44.9 Å². The van der Waals surface area contributed by atoms with Crippen LogP contribution >= 0.6 is 12.2 Å². The number of imidazole rings is 1. The summed E-state index contributed by atoms with van der Waals surface area (Å²) < 4.78 is 2.89. The van der Waals surface area contributed by atoms with Crippen molar-refractivity contribution in [2.45, 2.75) is 19.5 Å². The topological polar surface area (TPSA) is 40.1 Å². The second kappa shape index (κ2) is 5.27. The molecule has 0 aliphatic carbocycles. The molecule has 1 aliphatic heterocycles. The molecule has 3 rings (SSSR count). The molecule has 3 heterocycles. The number of fused-ring (bicyclic) bond motifs is 1. The largest absolute Gasteiger partial charge is 0.329 e. The van der Waals surface area contributed by atoms with Crippen LogP contribution in [-0.4, -0.2) is 64.1 Å². The number of H-pyrrole nitrogens is 1. The molecule has 0 saturated carbocycles. The summed E-state index contributed by atoms with van der Waals surface area (Å²) in [4.78, 5) is 12.6. The summed E-state index contributed by atoms with van der Waals surface area (Å²) in [5.41, 5.74) is 3.14. The number of nitrogens with one attached hydrogen (secondary N) is 1. The van der Waals surface area contributed by atoms with E-state index in [0.717, 1.165) is 47.7 Å². The highest BCUT2D eigenvalue weighted by atomic mass is 32.1. The standard InChI is InChI=1S/C14H21N5S/c1-10-6-12-13(15-7-10)19(14(20)16-12)9-11-8-17(2)4-5-18(11)3/h6-7,11H,4-5,8-9H2,1-3H3,(H,16,20). The molecule has 2 aromatic heterocycles. The maximum Gasteiger partial charge on any atom is 0.179 e. The molecule has 1 saturated heterocycles. The Bertz CT molecular complexity index is 674. The Morgan fingerprint density at radius 3 is 3.00 bits per heavy atom. The fourth-order valence-corrected chi connectivity index (χ4v) is 3.10. The van der Waals surface area contributed by atoms with Crippen molar-refractivity contribution in [1.29, 1.82) is 0 Å². The molecule has 6 heteroatoms. The zero-order valence-corrected chi connectivity index (χ0v) is 13.1. The van der Waals surface area contributed by atoms with Crippen LogP contribution in [0.4, 0.5) is 0 Å². The Morgan fingerprint density at radius 1 is 1.40 bits per heavy atom. The van der Waals surface area contributed by atoms with E-state index in [0.29, 0.717) is 6.04 Å². The number of pyridine rings is 1. The lowest BCUT2D eigenvalue weighted by Gasteiger charge is -2.37. The third-order valence-electron chi connectivity index (χ3n) is 4.12. The molecule has 1 unspecified atom stereocenters. The van der Waals surface area contributed by atoms with Crippen molar-refractivity contribution in [3.8, 4) is 0 Å². The first-order valence-corrected chi connectivity index (χ1v) is 7.39. The first-order chi connectivity index (χ1) is 9.54. The van der Waals surface area contributed by atoms with Crippen LogP contribution in [0.2, 0.25) is 0 Å². The number of piperazine rings is 1. The maximum atomic E-state index is 5.47. The number of rotatable bonds is 2. The smallest absolute Gasteiger partial charge is 0.179 e. The minimum absolute atomic E-state index is 0.475. The molecule has 20 heavy (non-hydrogen) atoms. The molecule has 1 atom stereocenters. The van der Waals surface area contributed by atoms with Gasteiger partial charge in [-0.2, -0.15) is 0 Å². The minimum Gasteiger partial charge on any atom is -0.329 e. The van der Waals surface area contributed by atoms with E-state index in [-0.39, 0.29) is 0 Å². The summed E-state index contributed by atoms with van der Waals surface area (Å²) >= 11 is 5.47. The van der Waals surface area contributed by atoms with Crippen LogP contribution in [0.5, 0.6) is 0 Å². The lowest BCUT2D eigenvalue weighted by atomic mass is 10.2. The number of likely N-dealkylation sites (N-methyl/N-ethyl adjacent to an activating group) is 2. The van der Waals surface area contributed by atoms with Gasteiger partial charge in [0.2, 0.25) is 0 Å². The minimum atomic E-state index is 0.475. The molecule has 1 N–H and O–H groups in total. The van der Waals surface area contributed by atoms with E-state index in [9.17, 15) is 0 Å². The van der Waals surface area contributed by atoms with Crippen LogP contribution in [0.15, 0.2) is 12.3 Å². The second-order valence-corrected chi connectivity index (χ2v) is 6.21. The molecule has 0 spiro atoms. The number of aryl methyl sites for hydroxylation is 1. The van der Waals surface area contributed by atoms with Crippen LogP contribution in [-0.2, 0) is 6.54 Å². The Labute approximate surface area is 124 Å². The highest BCUT2D eigenvalue weighted by molar-refractivity contribution is 7.71. The average Bonchev–Trinajstić information content (AvgIpc) is 2.69. The van der Waals surface area contributed by atoms with Crippen LogP contribution < -0.4 is 0 Å². The van der Waals surface area contributed by atoms with Gasteiger partial charge in [0.05, 0.1) is 5.52 Å². The normalized spacial score (nSPS) is 21.6. The number of hydrogen-bond acceptors (Lipinski definition) is 4. The summed E-state index contributed by atoms with van der Waals surface area (Å²) in [7, 11) is 4.36. The Kier molecular flexibility index (Phi) is 3.62. The molecule has 1 aliphatic rings. The monoisotopic (exact) mass is 291 g/mol. The van der Waals surface area contributed by atoms with Gasteiger partial charge in [-0.15, -0.1) is 0 Å². The van der Waals surface area contributed by atoms with Gasteiger partial charge >= 0.3 is 0 Å². The van der Waals surface area contributed by atoms with E-state index < -0.39 is 0 Å². The van der Waals surface area contributed by atoms with Crippen molar-refractivity contribution in [1.82, 2.24) is 24.3 Å². The highest BCUT2D eigenvalue weighted by Crippen LogP contribution is 2.16. The Balaban J connectivity index is 1.94. The summed E-state index contributed by atoms with van der Waals surface area (Å²) in [6, 6.07) is 2.58. The molecule has 0 radical (unpaired) electrons. The number of aromatic amines is 1. The van der Waals surface area contributed by atoms with Crippen molar-refractivity contribution < 1.29 is 0 Å². The molecule has 0 amide bonds. The predicted molar refractivity (Wildman–Crippen MR) is 83.6 cm³/mol. The zero-order valence-electron chi connectivity index (χ0n) is 12.3. The van der Waals surface area contributed by atoms with E-state index in [4.69, 9.17) is 12.2 Å². The van der Waals surface area contributed by atoms with Crippen molar-refractivity contribution in [2.24, 2.45) is 0 Å². The van der Waals surface area contributed by atoms with Gasteiger partial charge in [-0.3, -0.25) is 9.47 Å². The van der Waals surface area contributed by atoms with E-state index in [1.54, 1.807) is 0 Å². The van der Waals surface area contributed by atoms with Gasteiger partial charge in [0.25, 0.3) is 0 Å². The third kappa shape index (κ3) is 2.51. The highest BCUT2D eigenvalue weighted by Gasteiger charge is 2.23. The van der Waals surface area contributed by atoms with Gasteiger partial charge in [0.15, 0.2) is 10.4 Å². The molecule has 5 nitrogen and oxygen atoms in total. The lowest BCUT2D eigenvalue weighted by Crippen LogP contribution is -2.51.